The van der Waals surface area contributed by atoms with Gasteiger partial charge in [-0.05, 0) is 35.5 Å². The van der Waals surface area contributed by atoms with Crippen LogP contribution in [0.1, 0.15) is 36.8 Å². The van der Waals surface area contributed by atoms with Crippen molar-refractivity contribution in [1.82, 2.24) is 0 Å². The molecule has 2 rings (SSSR count). The summed E-state index contributed by atoms with van der Waals surface area (Å²) >= 11 is 1.60. The van der Waals surface area contributed by atoms with Crippen LogP contribution in [0.3, 0.4) is 0 Å². The number of aliphatic hydroxyl groups is 2. The lowest BCUT2D eigenvalue weighted by atomic mass is 9.91. The predicted molar refractivity (Wildman–Crippen MR) is 128 cm³/mol. The third-order valence-corrected chi connectivity index (χ3v) is 6.74. The number of Topliss-reactive ketones (excluding diaryl/α,β-unsaturated/α-hetero) is 1. The summed E-state index contributed by atoms with van der Waals surface area (Å²) in [5.41, 5.74) is 2.01. The molecule has 0 amide bonds. The molecule has 0 aromatic heterocycles. The van der Waals surface area contributed by atoms with Crippen LogP contribution in [0.15, 0.2) is 36.4 Å². The molecule has 9 heteroatoms. The fraction of sp³-hybridized carbons (Fsp3) is 0.560. The van der Waals surface area contributed by atoms with Crippen LogP contribution < -0.4 is 0 Å². The third-order valence-electron chi connectivity index (χ3n) is 5.63. The van der Waals surface area contributed by atoms with Crippen LogP contribution in [0.25, 0.3) is 0 Å². The second kappa shape index (κ2) is 14.9. The summed E-state index contributed by atoms with van der Waals surface area (Å²) < 4.78 is 9.72. The zero-order chi connectivity index (χ0) is 24.9. The van der Waals surface area contributed by atoms with Crippen LogP contribution in [0, 0.1) is 11.8 Å². The number of rotatable bonds is 15. The monoisotopic (exact) mass is 494 g/mol. The molecule has 0 radical (unpaired) electrons. The van der Waals surface area contributed by atoms with Crippen molar-refractivity contribution in [3.63, 3.8) is 0 Å². The van der Waals surface area contributed by atoms with Crippen LogP contribution in [0.4, 0.5) is 0 Å². The van der Waals surface area contributed by atoms with Gasteiger partial charge in [-0.2, -0.15) is 11.8 Å². The molecule has 1 fully saturated rings. The standard InChI is InChI=1S/C25H34O8S/c1-32-15-18-5-2-4-17(12-18)13-19(26)7-8-20-21(23(28)14-22(20)27)9-11-34-10-3-6-25(31)33-16-24(29)30/h2,4-5,7-8,12,19-22,26-27H,3,6,9-11,13-16H2,1H3,(H,29,30)/t19-,20-,21-,22-/m1/s1. The molecule has 0 heterocycles. The summed E-state index contributed by atoms with van der Waals surface area (Å²) in [5.74, 6) is -0.920. The van der Waals surface area contributed by atoms with E-state index in [-0.39, 0.29) is 30.5 Å². The van der Waals surface area contributed by atoms with Gasteiger partial charge in [0.1, 0.15) is 5.78 Å². The first kappa shape index (κ1) is 28.0. The molecule has 1 aliphatic carbocycles. The van der Waals surface area contributed by atoms with Gasteiger partial charge < -0.3 is 24.8 Å². The molecule has 1 saturated carbocycles. The van der Waals surface area contributed by atoms with Gasteiger partial charge in [0.05, 0.1) is 18.8 Å². The summed E-state index contributed by atoms with van der Waals surface area (Å²) in [6.07, 6.45) is 3.83. The second-order valence-corrected chi connectivity index (χ2v) is 9.61. The quantitative estimate of drug-likeness (QED) is 0.191. The molecular formula is C25H34O8S. The average Bonchev–Trinajstić information content (AvgIpc) is 3.05. The van der Waals surface area contributed by atoms with Crippen molar-refractivity contribution in [3.8, 4) is 0 Å². The Morgan fingerprint density at radius 1 is 1.26 bits per heavy atom. The number of carbonyl (C=O) groups is 3. The SMILES string of the molecule is COCc1cccc(C[C@H](O)C=C[C@H]2[C@H](O)CC(=O)[C@@H]2CCSCCCC(=O)OCC(=O)O)c1. The first-order chi connectivity index (χ1) is 16.3. The summed E-state index contributed by atoms with van der Waals surface area (Å²) in [4.78, 5) is 34.1. The number of thioether (sulfide) groups is 1. The molecule has 0 spiro atoms. The maximum absolute atomic E-state index is 12.4. The Balaban J connectivity index is 1.76. The zero-order valence-corrected chi connectivity index (χ0v) is 20.2. The van der Waals surface area contributed by atoms with Crippen molar-refractivity contribution in [2.24, 2.45) is 11.8 Å². The minimum atomic E-state index is -1.18. The summed E-state index contributed by atoms with van der Waals surface area (Å²) in [6.45, 7) is -0.118. The van der Waals surface area contributed by atoms with Crippen molar-refractivity contribution in [3.05, 3.63) is 47.5 Å². The molecule has 0 unspecified atom stereocenters. The summed E-state index contributed by atoms with van der Waals surface area (Å²) in [6, 6.07) is 7.81. The molecule has 0 bridgehead atoms. The fourth-order valence-electron chi connectivity index (χ4n) is 4.02. The molecule has 34 heavy (non-hydrogen) atoms. The van der Waals surface area contributed by atoms with Crippen molar-refractivity contribution in [1.29, 1.82) is 0 Å². The molecule has 1 aromatic carbocycles. The zero-order valence-electron chi connectivity index (χ0n) is 19.4. The Hall–Kier alpha value is -2.20. The number of carboxylic acids is 1. The first-order valence-electron chi connectivity index (χ1n) is 11.4. The highest BCUT2D eigenvalue weighted by Crippen LogP contribution is 2.34. The number of carbonyl (C=O) groups excluding carboxylic acids is 2. The minimum Gasteiger partial charge on any atom is -0.479 e. The normalized spacial score (nSPS) is 21.1. The van der Waals surface area contributed by atoms with E-state index in [1.165, 1.54) is 0 Å². The van der Waals surface area contributed by atoms with E-state index >= 15 is 0 Å². The van der Waals surface area contributed by atoms with Crippen LogP contribution in [-0.2, 0) is 36.9 Å². The van der Waals surface area contributed by atoms with Crippen LogP contribution >= 0.6 is 11.8 Å². The summed E-state index contributed by atoms with van der Waals surface area (Å²) in [7, 11) is 1.63. The highest BCUT2D eigenvalue weighted by Gasteiger charge is 2.39. The molecule has 3 N–H and O–H groups in total. The number of benzene rings is 1. The van der Waals surface area contributed by atoms with Gasteiger partial charge in [-0.1, -0.05) is 36.4 Å². The molecule has 0 aliphatic heterocycles. The molecule has 8 nitrogen and oxygen atoms in total. The van der Waals surface area contributed by atoms with Crippen molar-refractivity contribution < 1.29 is 39.2 Å². The number of ketones is 1. The number of carboxylic acid groups (broad SMARTS) is 1. The second-order valence-electron chi connectivity index (χ2n) is 8.39. The number of hydrogen-bond acceptors (Lipinski definition) is 8. The Kier molecular flexibility index (Phi) is 12.3. The van der Waals surface area contributed by atoms with Gasteiger partial charge in [0, 0.05) is 38.2 Å². The van der Waals surface area contributed by atoms with E-state index in [0.29, 0.717) is 37.4 Å². The number of hydrogen-bond donors (Lipinski definition) is 3. The van der Waals surface area contributed by atoms with Crippen molar-refractivity contribution in [2.75, 3.05) is 25.2 Å². The van der Waals surface area contributed by atoms with E-state index in [1.807, 2.05) is 24.3 Å². The van der Waals surface area contributed by atoms with Crippen LogP contribution in [-0.4, -0.2) is 70.5 Å². The minimum absolute atomic E-state index is 0.0294. The van der Waals surface area contributed by atoms with Gasteiger partial charge in [-0.25, -0.2) is 4.79 Å². The van der Waals surface area contributed by atoms with E-state index in [9.17, 15) is 24.6 Å². The lowest BCUT2D eigenvalue weighted by Gasteiger charge is -2.18. The Labute approximate surface area is 204 Å². The number of esters is 1. The Morgan fingerprint density at radius 3 is 2.76 bits per heavy atom. The smallest absolute Gasteiger partial charge is 0.341 e. The molecule has 188 valence electrons. The van der Waals surface area contributed by atoms with Crippen molar-refractivity contribution >= 4 is 29.5 Å². The maximum Gasteiger partial charge on any atom is 0.341 e. The maximum atomic E-state index is 12.4. The van der Waals surface area contributed by atoms with Gasteiger partial charge in [-0.15, -0.1) is 0 Å². The van der Waals surface area contributed by atoms with Crippen molar-refractivity contribution in [2.45, 2.75) is 50.9 Å². The van der Waals surface area contributed by atoms with Gasteiger partial charge in [0.25, 0.3) is 0 Å². The molecule has 0 saturated heterocycles. The molecule has 1 aliphatic rings. The molecular weight excluding hydrogens is 460 g/mol. The lowest BCUT2D eigenvalue weighted by Crippen LogP contribution is -2.20. The van der Waals surface area contributed by atoms with E-state index < -0.39 is 30.8 Å². The van der Waals surface area contributed by atoms with E-state index in [4.69, 9.17) is 9.84 Å². The van der Waals surface area contributed by atoms with Crippen LogP contribution in [0.2, 0.25) is 0 Å². The molecule has 4 atom stereocenters. The highest BCUT2D eigenvalue weighted by atomic mass is 32.2. The highest BCUT2D eigenvalue weighted by molar-refractivity contribution is 7.99. The third kappa shape index (κ3) is 9.97. The van der Waals surface area contributed by atoms with Gasteiger partial charge in [0.2, 0.25) is 0 Å². The van der Waals surface area contributed by atoms with E-state index in [2.05, 4.69) is 4.74 Å². The number of aliphatic hydroxyl groups excluding tert-OH is 2. The van der Waals surface area contributed by atoms with Gasteiger partial charge >= 0.3 is 11.9 Å². The van der Waals surface area contributed by atoms with Crippen LogP contribution in [0.5, 0.6) is 0 Å². The average molecular weight is 495 g/mol. The fourth-order valence-corrected chi connectivity index (χ4v) is 4.99. The van der Waals surface area contributed by atoms with E-state index in [1.54, 1.807) is 31.0 Å². The topological polar surface area (TPSA) is 130 Å². The number of aliphatic carboxylic acids is 1. The lowest BCUT2D eigenvalue weighted by molar-refractivity contribution is -0.155. The Morgan fingerprint density at radius 2 is 2.03 bits per heavy atom. The Bertz CT molecular complexity index is 840. The summed E-state index contributed by atoms with van der Waals surface area (Å²) in [5, 5.41) is 29.3. The van der Waals surface area contributed by atoms with Gasteiger partial charge in [-0.3, -0.25) is 9.59 Å². The molecule has 1 aromatic rings. The number of ether oxygens (including phenoxy) is 2. The number of methoxy groups -OCH3 is 1. The van der Waals surface area contributed by atoms with E-state index in [0.717, 1.165) is 11.1 Å². The van der Waals surface area contributed by atoms with Gasteiger partial charge in [0.15, 0.2) is 6.61 Å². The first-order valence-corrected chi connectivity index (χ1v) is 12.5. The largest absolute Gasteiger partial charge is 0.479 e. The predicted octanol–water partition coefficient (Wildman–Crippen LogP) is 2.39.